The van der Waals surface area contributed by atoms with Crippen molar-refractivity contribution in [2.45, 2.75) is 19.0 Å². The van der Waals surface area contributed by atoms with Gasteiger partial charge in [0, 0.05) is 6.54 Å². The molecule has 5 heteroatoms. The Morgan fingerprint density at radius 1 is 1.77 bits per heavy atom. The number of Topliss-reactive ketones (excluding diaryl/α,β-unsaturated/α-hetero) is 1. The fourth-order valence-electron chi connectivity index (χ4n) is 1.38. The Labute approximate surface area is 76.7 Å². The van der Waals surface area contributed by atoms with Crippen molar-refractivity contribution in [2.75, 3.05) is 20.2 Å². The fourth-order valence-corrected chi connectivity index (χ4v) is 1.38. The molecule has 0 aromatic rings. The number of hydrogen-bond acceptors (Lipinski definition) is 4. The molecule has 1 amide bonds. The molecule has 1 aliphatic heterocycles. The van der Waals surface area contributed by atoms with E-state index >= 15 is 0 Å². The van der Waals surface area contributed by atoms with Crippen molar-refractivity contribution in [2.24, 2.45) is 0 Å². The molecular weight excluding hydrogens is 172 g/mol. The standard InChI is InChI=1S/C8H14N2O3/c1-5(12)6-3-10(2)7(4-11)8(13)9-6/h6-7,11H,3-4H2,1-2H3,(H,9,13)/t6-,7+/m1/s1. The van der Waals surface area contributed by atoms with Gasteiger partial charge in [0.15, 0.2) is 5.78 Å². The zero-order valence-electron chi connectivity index (χ0n) is 7.78. The first-order valence-electron chi connectivity index (χ1n) is 4.18. The maximum absolute atomic E-state index is 11.3. The predicted molar refractivity (Wildman–Crippen MR) is 46.1 cm³/mol. The number of rotatable bonds is 2. The van der Waals surface area contributed by atoms with E-state index < -0.39 is 12.1 Å². The number of ketones is 1. The zero-order chi connectivity index (χ0) is 10.0. The van der Waals surface area contributed by atoms with Gasteiger partial charge in [0.25, 0.3) is 0 Å². The van der Waals surface area contributed by atoms with Crippen molar-refractivity contribution < 1.29 is 14.7 Å². The van der Waals surface area contributed by atoms with E-state index in [0.717, 1.165) is 0 Å². The first-order valence-corrected chi connectivity index (χ1v) is 4.18. The molecule has 0 bridgehead atoms. The minimum atomic E-state index is -0.518. The van der Waals surface area contributed by atoms with Gasteiger partial charge in [0.05, 0.1) is 12.6 Å². The normalized spacial score (nSPS) is 29.9. The summed E-state index contributed by atoms with van der Waals surface area (Å²) in [5, 5.41) is 11.4. The average molecular weight is 186 g/mol. The maximum atomic E-state index is 11.3. The molecule has 0 saturated carbocycles. The maximum Gasteiger partial charge on any atom is 0.240 e. The lowest BCUT2D eigenvalue weighted by atomic mass is 10.1. The summed E-state index contributed by atoms with van der Waals surface area (Å²) in [5.41, 5.74) is 0. The average Bonchev–Trinajstić information content (AvgIpc) is 2.03. The Bertz CT molecular complexity index is 229. The number of hydrogen-bond donors (Lipinski definition) is 2. The van der Waals surface area contributed by atoms with Crippen LogP contribution in [0.25, 0.3) is 0 Å². The van der Waals surface area contributed by atoms with E-state index in [1.54, 1.807) is 11.9 Å². The van der Waals surface area contributed by atoms with Crippen molar-refractivity contribution in [3.05, 3.63) is 0 Å². The SMILES string of the molecule is CC(=O)[C@H]1CN(C)[C@@H](CO)C(=O)N1. The third kappa shape index (κ3) is 2.05. The fraction of sp³-hybridized carbons (Fsp3) is 0.750. The smallest absolute Gasteiger partial charge is 0.240 e. The number of likely N-dealkylation sites (N-methyl/N-ethyl adjacent to an activating group) is 1. The summed E-state index contributed by atoms with van der Waals surface area (Å²) in [4.78, 5) is 24.0. The van der Waals surface area contributed by atoms with Crippen LogP contribution in [0, 0.1) is 0 Å². The number of piperazine rings is 1. The van der Waals surface area contributed by atoms with Crippen molar-refractivity contribution in [3.8, 4) is 0 Å². The molecule has 0 spiro atoms. The second kappa shape index (κ2) is 3.85. The van der Waals surface area contributed by atoms with E-state index in [4.69, 9.17) is 5.11 Å². The lowest BCUT2D eigenvalue weighted by Gasteiger charge is -2.34. The van der Waals surface area contributed by atoms with Gasteiger partial charge in [-0.05, 0) is 14.0 Å². The molecule has 13 heavy (non-hydrogen) atoms. The highest BCUT2D eigenvalue weighted by Crippen LogP contribution is 2.05. The van der Waals surface area contributed by atoms with Gasteiger partial charge in [-0.25, -0.2) is 0 Å². The number of carbonyl (C=O) groups excluding carboxylic acids is 2. The molecule has 1 heterocycles. The molecule has 74 valence electrons. The molecule has 1 saturated heterocycles. The van der Waals surface area contributed by atoms with Crippen LogP contribution in [0.4, 0.5) is 0 Å². The van der Waals surface area contributed by atoms with Crippen LogP contribution < -0.4 is 5.32 Å². The Morgan fingerprint density at radius 3 is 2.77 bits per heavy atom. The van der Waals surface area contributed by atoms with Gasteiger partial charge < -0.3 is 10.4 Å². The van der Waals surface area contributed by atoms with Gasteiger partial charge in [-0.3, -0.25) is 14.5 Å². The van der Waals surface area contributed by atoms with Gasteiger partial charge in [-0.1, -0.05) is 0 Å². The number of aliphatic hydroxyl groups excluding tert-OH is 1. The summed E-state index contributed by atoms with van der Waals surface area (Å²) >= 11 is 0. The molecule has 0 unspecified atom stereocenters. The van der Waals surface area contributed by atoms with Crippen LogP contribution in [-0.4, -0.2) is 54.0 Å². The lowest BCUT2D eigenvalue weighted by molar-refractivity contribution is -0.136. The zero-order valence-corrected chi connectivity index (χ0v) is 7.78. The first kappa shape index (κ1) is 10.1. The van der Waals surface area contributed by atoms with E-state index in [0.29, 0.717) is 6.54 Å². The van der Waals surface area contributed by atoms with Gasteiger partial charge in [0.1, 0.15) is 6.04 Å². The van der Waals surface area contributed by atoms with E-state index in [2.05, 4.69) is 5.32 Å². The summed E-state index contributed by atoms with van der Waals surface area (Å²) in [7, 11) is 1.72. The largest absolute Gasteiger partial charge is 0.394 e. The number of nitrogens with zero attached hydrogens (tertiary/aromatic N) is 1. The second-order valence-corrected chi connectivity index (χ2v) is 3.31. The minimum Gasteiger partial charge on any atom is -0.394 e. The van der Waals surface area contributed by atoms with Crippen LogP contribution in [0.5, 0.6) is 0 Å². The first-order chi connectivity index (χ1) is 6.06. The Morgan fingerprint density at radius 2 is 2.38 bits per heavy atom. The number of carbonyl (C=O) groups is 2. The van der Waals surface area contributed by atoms with Crippen molar-refractivity contribution in [1.82, 2.24) is 10.2 Å². The van der Waals surface area contributed by atoms with Crippen molar-refractivity contribution in [3.63, 3.8) is 0 Å². The molecule has 0 radical (unpaired) electrons. The number of amides is 1. The monoisotopic (exact) mass is 186 g/mol. The minimum absolute atomic E-state index is 0.0587. The highest BCUT2D eigenvalue weighted by atomic mass is 16.3. The quantitative estimate of drug-likeness (QED) is 0.543. The molecule has 2 atom stereocenters. The summed E-state index contributed by atoms with van der Waals surface area (Å²) in [6.45, 7) is 1.69. The summed E-state index contributed by atoms with van der Waals surface area (Å²) in [5.74, 6) is -0.340. The van der Waals surface area contributed by atoms with E-state index in [1.807, 2.05) is 0 Å². The number of nitrogens with one attached hydrogen (secondary N) is 1. The molecule has 2 N–H and O–H groups in total. The van der Waals surface area contributed by atoms with Crippen LogP contribution in [0.2, 0.25) is 0 Å². The summed E-state index contributed by atoms with van der Waals surface area (Å²) in [6, 6.07) is -0.948. The third-order valence-corrected chi connectivity index (χ3v) is 2.29. The lowest BCUT2D eigenvalue weighted by Crippen LogP contribution is -2.61. The van der Waals surface area contributed by atoms with E-state index in [1.165, 1.54) is 6.92 Å². The van der Waals surface area contributed by atoms with Gasteiger partial charge in [-0.2, -0.15) is 0 Å². The summed E-state index contributed by atoms with van der Waals surface area (Å²) in [6.07, 6.45) is 0. The molecule has 0 aromatic carbocycles. The van der Waals surface area contributed by atoms with Crippen molar-refractivity contribution in [1.29, 1.82) is 0 Å². The molecule has 1 fully saturated rings. The van der Waals surface area contributed by atoms with Gasteiger partial charge >= 0.3 is 0 Å². The van der Waals surface area contributed by atoms with Crippen LogP contribution in [0.3, 0.4) is 0 Å². The van der Waals surface area contributed by atoms with Crippen LogP contribution in [-0.2, 0) is 9.59 Å². The molecular formula is C8H14N2O3. The van der Waals surface area contributed by atoms with Crippen LogP contribution in [0.1, 0.15) is 6.92 Å². The highest BCUT2D eigenvalue weighted by Gasteiger charge is 2.33. The Balaban J connectivity index is 2.67. The molecule has 1 aliphatic rings. The van der Waals surface area contributed by atoms with E-state index in [-0.39, 0.29) is 18.3 Å². The van der Waals surface area contributed by atoms with Crippen LogP contribution in [0.15, 0.2) is 0 Å². The molecule has 5 nitrogen and oxygen atoms in total. The van der Waals surface area contributed by atoms with E-state index in [9.17, 15) is 9.59 Å². The van der Waals surface area contributed by atoms with Crippen molar-refractivity contribution >= 4 is 11.7 Å². The Hall–Kier alpha value is -0.940. The molecule has 0 aromatic heterocycles. The van der Waals surface area contributed by atoms with Crippen LogP contribution >= 0.6 is 0 Å². The second-order valence-electron chi connectivity index (χ2n) is 3.31. The molecule has 0 aliphatic carbocycles. The number of aliphatic hydroxyl groups is 1. The topological polar surface area (TPSA) is 69.6 Å². The summed E-state index contributed by atoms with van der Waals surface area (Å²) < 4.78 is 0. The molecule has 1 rings (SSSR count). The predicted octanol–water partition coefficient (Wildman–Crippen LogP) is -1.63. The highest BCUT2D eigenvalue weighted by molar-refractivity contribution is 5.91. The van der Waals surface area contributed by atoms with Gasteiger partial charge in [-0.15, -0.1) is 0 Å². The Kier molecular flexibility index (Phi) is 3.00. The third-order valence-electron chi connectivity index (χ3n) is 2.29. The van der Waals surface area contributed by atoms with Gasteiger partial charge in [0.2, 0.25) is 5.91 Å².